The van der Waals surface area contributed by atoms with Crippen molar-refractivity contribution < 1.29 is 23.5 Å². The molecule has 0 fully saturated rings. The molecule has 0 saturated carbocycles. The lowest BCUT2D eigenvalue weighted by atomic mass is 9.79. The van der Waals surface area contributed by atoms with Crippen molar-refractivity contribution in [3.8, 4) is 11.5 Å². The van der Waals surface area contributed by atoms with Crippen LogP contribution in [0.2, 0.25) is 0 Å². The van der Waals surface area contributed by atoms with E-state index in [1.807, 2.05) is 54.6 Å². The number of hydrogen-bond acceptors (Lipinski definition) is 6. The topological polar surface area (TPSA) is 80.8 Å². The molecule has 4 aromatic carbocycles. The van der Waals surface area contributed by atoms with Crippen molar-refractivity contribution in [2.45, 2.75) is 18.5 Å². The maximum Gasteiger partial charge on any atom is 0.255 e. The van der Waals surface area contributed by atoms with Gasteiger partial charge in [-0.05, 0) is 65.2 Å². The fourth-order valence-corrected chi connectivity index (χ4v) is 6.17. The Hall–Kier alpha value is -4.76. The van der Waals surface area contributed by atoms with Gasteiger partial charge in [-0.3, -0.25) is 9.59 Å². The van der Waals surface area contributed by atoms with Gasteiger partial charge in [0, 0.05) is 12.1 Å². The summed E-state index contributed by atoms with van der Waals surface area (Å²) in [6.45, 7) is 0.189. The molecule has 41 heavy (non-hydrogen) atoms. The van der Waals surface area contributed by atoms with E-state index in [1.54, 1.807) is 43.4 Å². The number of carbonyl (C=O) groups excluding carboxylic acids is 2. The lowest BCUT2D eigenvalue weighted by molar-refractivity contribution is -0.119. The first-order chi connectivity index (χ1) is 19.9. The number of aromatic nitrogens is 1. The van der Waals surface area contributed by atoms with Crippen molar-refractivity contribution >= 4 is 38.5 Å². The van der Waals surface area contributed by atoms with Crippen LogP contribution in [0.15, 0.2) is 91.0 Å². The molecule has 7 nitrogen and oxygen atoms in total. The number of anilines is 1. The second kappa shape index (κ2) is 11.0. The largest absolute Gasteiger partial charge is 0.497 e. The summed E-state index contributed by atoms with van der Waals surface area (Å²) >= 11 is 1.35. The average molecular weight is 568 g/mol. The Kier molecular flexibility index (Phi) is 7.11. The second-order valence-electron chi connectivity index (χ2n) is 9.68. The number of nitrogens with zero attached hydrogens (tertiary/aromatic N) is 2. The molecule has 1 aliphatic rings. The van der Waals surface area contributed by atoms with Crippen molar-refractivity contribution in [3.05, 3.63) is 119 Å². The van der Waals surface area contributed by atoms with Gasteiger partial charge in [-0.1, -0.05) is 53.8 Å². The molecule has 0 radical (unpaired) electrons. The molecule has 0 aliphatic carbocycles. The summed E-state index contributed by atoms with van der Waals surface area (Å²) in [5.41, 5.74) is 3.35. The highest BCUT2D eigenvalue weighted by molar-refractivity contribution is 7.22. The summed E-state index contributed by atoms with van der Waals surface area (Å²) in [6, 6.07) is 25.5. The van der Waals surface area contributed by atoms with Crippen LogP contribution in [0.25, 0.3) is 10.2 Å². The number of amides is 2. The maximum absolute atomic E-state index is 14.2. The summed E-state index contributed by atoms with van der Waals surface area (Å²) in [5, 5.41) is 3.47. The minimum Gasteiger partial charge on any atom is -0.497 e. The van der Waals surface area contributed by atoms with Crippen LogP contribution in [0.4, 0.5) is 9.52 Å². The molecule has 1 aromatic heterocycles. The van der Waals surface area contributed by atoms with Crippen LogP contribution in [0.3, 0.4) is 0 Å². The van der Waals surface area contributed by atoms with Crippen molar-refractivity contribution in [2.75, 3.05) is 19.5 Å². The number of nitrogens with one attached hydrogen (secondary N) is 1. The molecule has 9 heteroatoms. The van der Waals surface area contributed by atoms with Crippen LogP contribution in [0.5, 0.6) is 11.5 Å². The van der Waals surface area contributed by atoms with E-state index in [-0.39, 0.29) is 24.2 Å². The zero-order valence-electron chi connectivity index (χ0n) is 22.3. The first-order valence-electron chi connectivity index (χ1n) is 13.0. The van der Waals surface area contributed by atoms with Crippen LogP contribution < -0.4 is 14.8 Å². The van der Waals surface area contributed by atoms with Crippen molar-refractivity contribution in [2.24, 2.45) is 0 Å². The van der Waals surface area contributed by atoms with E-state index < -0.39 is 12.0 Å². The molecule has 2 atom stereocenters. The fourth-order valence-electron chi connectivity index (χ4n) is 5.28. The molecule has 2 heterocycles. The van der Waals surface area contributed by atoms with Gasteiger partial charge in [0.1, 0.15) is 17.3 Å². The molecule has 2 unspecified atom stereocenters. The van der Waals surface area contributed by atoms with Gasteiger partial charge in [-0.15, -0.1) is 0 Å². The number of hydrogen-bond donors (Lipinski definition) is 1. The number of benzene rings is 4. The summed E-state index contributed by atoms with van der Waals surface area (Å²) < 4.78 is 25.3. The molecule has 6 rings (SSSR count). The van der Waals surface area contributed by atoms with Crippen LogP contribution in [-0.2, 0) is 11.3 Å². The third-order valence-corrected chi connectivity index (χ3v) is 8.20. The quantitative estimate of drug-likeness (QED) is 0.241. The third-order valence-electron chi connectivity index (χ3n) is 7.27. The second-order valence-corrected chi connectivity index (χ2v) is 10.7. The normalized spacial score (nSPS) is 16.4. The Morgan fingerprint density at radius 1 is 0.951 bits per heavy atom. The van der Waals surface area contributed by atoms with Gasteiger partial charge in [0.15, 0.2) is 5.13 Å². The van der Waals surface area contributed by atoms with E-state index in [0.717, 1.165) is 21.3 Å². The number of ether oxygens (including phenoxy) is 2. The lowest BCUT2D eigenvalue weighted by Crippen LogP contribution is -2.45. The number of thiazole rings is 1. The smallest absolute Gasteiger partial charge is 0.255 e. The molecule has 0 saturated heterocycles. The number of methoxy groups -OCH3 is 2. The Morgan fingerprint density at radius 3 is 2.39 bits per heavy atom. The van der Waals surface area contributed by atoms with Gasteiger partial charge in [-0.2, -0.15) is 0 Å². The molecule has 0 bridgehead atoms. The van der Waals surface area contributed by atoms with Gasteiger partial charge in [0.05, 0.1) is 36.4 Å². The molecule has 1 aliphatic heterocycles. The van der Waals surface area contributed by atoms with Gasteiger partial charge >= 0.3 is 0 Å². The van der Waals surface area contributed by atoms with Crippen molar-refractivity contribution in [1.29, 1.82) is 0 Å². The number of carbonyl (C=O) groups is 2. The maximum atomic E-state index is 14.2. The Labute approximate surface area is 240 Å². The predicted molar refractivity (Wildman–Crippen MR) is 156 cm³/mol. The highest BCUT2D eigenvalue weighted by Gasteiger charge is 2.44. The average Bonchev–Trinajstić information content (AvgIpc) is 3.40. The number of rotatable bonds is 7. The highest BCUT2D eigenvalue weighted by atomic mass is 32.1. The highest BCUT2D eigenvalue weighted by Crippen LogP contribution is 2.44. The molecule has 1 N–H and O–H groups in total. The van der Waals surface area contributed by atoms with Crippen LogP contribution >= 0.6 is 11.3 Å². The van der Waals surface area contributed by atoms with Crippen molar-refractivity contribution in [1.82, 2.24) is 9.88 Å². The minimum atomic E-state index is -0.751. The molecular formula is C32H26FN3O4S. The zero-order valence-corrected chi connectivity index (χ0v) is 23.2. The summed E-state index contributed by atoms with van der Waals surface area (Å²) in [7, 11) is 3.18. The van der Waals surface area contributed by atoms with E-state index >= 15 is 0 Å². The SMILES string of the molecule is COc1ccc(C2C(C(=O)Nc3nc4ccc(OC)cc4s3)c3ccccc3C(=O)N2Cc2ccc(F)cc2)cc1. The Balaban J connectivity index is 1.44. The number of halogens is 1. The molecule has 0 spiro atoms. The van der Waals surface area contributed by atoms with Crippen LogP contribution in [0.1, 0.15) is 39.0 Å². The van der Waals surface area contributed by atoms with E-state index in [2.05, 4.69) is 10.3 Å². The Bertz CT molecular complexity index is 1740. The first kappa shape index (κ1) is 26.5. The van der Waals surface area contributed by atoms with Crippen molar-refractivity contribution in [3.63, 3.8) is 0 Å². The molecule has 5 aromatic rings. The summed E-state index contributed by atoms with van der Waals surface area (Å²) in [4.78, 5) is 34.5. The zero-order chi connectivity index (χ0) is 28.5. The van der Waals surface area contributed by atoms with Gasteiger partial charge in [-0.25, -0.2) is 9.37 Å². The van der Waals surface area contributed by atoms with Crippen LogP contribution in [-0.4, -0.2) is 35.9 Å². The fraction of sp³-hybridized carbons (Fsp3) is 0.156. The summed E-state index contributed by atoms with van der Waals surface area (Å²) in [5.74, 6) is -0.245. The standard InChI is InChI=1S/C32H26FN3O4S/c1-39-22-13-9-20(10-14-22)29-28(30(37)35-32-34-26-16-15-23(40-2)17-27(26)41-32)24-5-3-4-6-25(24)31(38)36(29)18-19-7-11-21(33)12-8-19/h3-17,28-29H,18H2,1-2H3,(H,34,35,37). The van der Waals surface area contributed by atoms with Gasteiger partial charge in [0.25, 0.3) is 5.91 Å². The molecule has 2 amide bonds. The van der Waals surface area contributed by atoms with E-state index in [9.17, 15) is 14.0 Å². The summed E-state index contributed by atoms with van der Waals surface area (Å²) in [6.07, 6.45) is 0. The predicted octanol–water partition coefficient (Wildman–Crippen LogP) is 6.57. The molecular weight excluding hydrogens is 541 g/mol. The minimum absolute atomic E-state index is 0.189. The monoisotopic (exact) mass is 567 g/mol. The van der Waals surface area contributed by atoms with Gasteiger partial charge < -0.3 is 19.7 Å². The number of fused-ring (bicyclic) bond motifs is 2. The van der Waals surface area contributed by atoms with Crippen LogP contribution in [0, 0.1) is 5.82 Å². The van der Waals surface area contributed by atoms with E-state index in [0.29, 0.717) is 27.8 Å². The lowest BCUT2D eigenvalue weighted by Gasteiger charge is -2.42. The van der Waals surface area contributed by atoms with Gasteiger partial charge in [0.2, 0.25) is 5.91 Å². The molecule has 206 valence electrons. The third kappa shape index (κ3) is 5.12. The Morgan fingerprint density at radius 2 is 1.66 bits per heavy atom. The van der Waals surface area contributed by atoms with E-state index in [1.165, 1.54) is 23.5 Å². The first-order valence-corrected chi connectivity index (χ1v) is 13.8. The van der Waals surface area contributed by atoms with E-state index in [4.69, 9.17) is 9.47 Å².